The van der Waals surface area contributed by atoms with E-state index < -0.39 is 0 Å². The molecule has 0 unspecified atom stereocenters. The highest BCUT2D eigenvalue weighted by molar-refractivity contribution is 8.18. The smallest absolute Gasteiger partial charge is 0.293 e. The Kier molecular flexibility index (Phi) is 6.82. The summed E-state index contributed by atoms with van der Waals surface area (Å²) < 4.78 is 6.16. The third-order valence-corrected chi connectivity index (χ3v) is 7.05. The Morgan fingerprint density at radius 2 is 1.46 bits per heavy atom. The van der Waals surface area contributed by atoms with Crippen LogP contribution in [0.4, 0.5) is 4.79 Å². The maximum atomic E-state index is 13.2. The summed E-state index contributed by atoms with van der Waals surface area (Å²) >= 11 is 12.9. The molecule has 4 nitrogen and oxygen atoms in total. The normalized spacial score (nSPS) is 14.8. The number of rotatable bonds is 6. The molecule has 1 saturated heterocycles. The summed E-state index contributed by atoms with van der Waals surface area (Å²) in [7, 11) is 0. The maximum absolute atomic E-state index is 13.2. The molecular formula is C28H19Cl2NO3S. The summed E-state index contributed by atoms with van der Waals surface area (Å²) in [5.74, 6) is 0.301. The van der Waals surface area contributed by atoms with Crippen LogP contribution in [-0.2, 0) is 17.9 Å². The van der Waals surface area contributed by atoms with E-state index >= 15 is 0 Å². The molecule has 1 aliphatic rings. The van der Waals surface area contributed by atoms with Crippen molar-refractivity contribution in [1.29, 1.82) is 0 Å². The number of halogens is 2. The molecule has 4 aromatic carbocycles. The highest BCUT2D eigenvalue weighted by Crippen LogP contribution is 2.37. The van der Waals surface area contributed by atoms with Gasteiger partial charge in [0.2, 0.25) is 0 Å². The van der Waals surface area contributed by atoms with Gasteiger partial charge in [-0.05, 0) is 70.1 Å². The van der Waals surface area contributed by atoms with Crippen molar-refractivity contribution in [1.82, 2.24) is 4.90 Å². The van der Waals surface area contributed by atoms with Gasteiger partial charge in [0.05, 0.1) is 11.4 Å². The van der Waals surface area contributed by atoms with Crippen molar-refractivity contribution >= 4 is 63.0 Å². The van der Waals surface area contributed by atoms with Crippen LogP contribution < -0.4 is 4.74 Å². The molecule has 174 valence electrons. The van der Waals surface area contributed by atoms with Crippen molar-refractivity contribution in [3.8, 4) is 5.75 Å². The molecule has 1 heterocycles. The quantitative estimate of drug-likeness (QED) is 0.242. The van der Waals surface area contributed by atoms with E-state index in [0.717, 1.165) is 39.2 Å². The van der Waals surface area contributed by atoms with Crippen molar-refractivity contribution in [3.63, 3.8) is 0 Å². The molecule has 0 N–H and O–H groups in total. The van der Waals surface area contributed by atoms with Gasteiger partial charge in [0.15, 0.2) is 0 Å². The number of thioether (sulfide) groups is 1. The number of amides is 2. The number of carbonyl (C=O) groups is 2. The fraction of sp³-hybridized carbons (Fsp3) is 0.0714. The van der Waals surface area contributed by atoms with E-state index in [9.17, 15) is 9.59 Å². The molecule has 0 saturated carbocycles. The summed E-state index contributed by atoms with van der Waals surface area (Å²) in [5, 5.41) is 2.91. The van der Waals surface area contributed by atoms with E-state index in [0.29, 0.717) is 27.3 Å². The van der Waals surface area contributed by atoms with Crippen LogP contribution in [0.3, 0.4) is 0 Å². The second kappa shape index (κ2) is 10.2. The van der Waals surface area contributed by atoms with Gasteiger partial charge in [-0.3, -0.25) is 14.5 Å². The molecular weight excluding hydrogens is 501 g/mol. The zero-order valence-electron chi connectivity index (χ0n) is 18.4. The highest BCUT2D eigenvalue weighted by atomic mass is 35.5. The molecule has 5 rings (SSSR count). The Balaban J connectivity index is 1.46. The van der Waals surface area contributed by atoms with Crippen LogP contribution in [0.15, 0.2) is 89.8 Å². The highest BCUT2D eigenvalue weighted by Gasteiger charge is 2.35. The molecule has 4 aromatic rings. The Labute approximate surface area is 217 Å². The first-order chi connectivity index (χ1) is 17.0. The minimum atomic E-state index is -0.327. The zero-order chi connectivity index (χ0) is 24.4. The lowest BCUT2D eigenvalue weighted by Crippen LogP contribution is -2.27. The van der Waals surface area contributed by atoms with Gasteiger partial charge in [0.25, 0.3) is 11.1 Å². The van der Waals surface area contributed by atoms with Crippen LogP contribution in [0.25, 0.3) is 16.8 Å². The molecule has 0 aromatic heterocycles. The lowest BCUT2D eigenvalue weighted by molar-refractivity contribution is -0.123. The predicted molar refractivity (Wildman–Crippen MR) is 143 cm³/mol. The van der Waals surface area contributed by atoms with Gasteiger partial charge >= 0.3 is 0 Å². The molecule has 0 bridgehead atoms. The van der Waals surface area contributed by atoms with Crippen LogP contribution in [0.5, 0.6) is 5.75 Å². The number of imide groups is 1. The predicted octanol–water partition coefficient (Wildman–Crippen LogP) is 7.96. The van der Waals surface area contributed by atoms with E-state index in [1.165, 1.54) is 4.90 Å². The topological polar surface area (TPSA) is 46.6 Å². The van der Waals surface area contributed by atoms with Gasteiger partial charge in [0, 0.05) is 15.6 Å². The first kappa shape index (κ1) is 23.5. The third kappa shape index (κ3) is 5.22. The largest absolute Gasteiger partial charge is 0.488 e. The number of hydrogen-bond donors (Lipinski definition) is 0. The first-order valence-corrected chi connectivity index (χ1v) is 12.4. The Bertz CT molecular complexity index is 1450. The number of ether oxygens (including phenoxy) is 1. The average molecular weight is 520 g/mol. The molecule has 0 aliphatic carbocycles. The van der Waals surface area contributed by atoms with Crippen LogP contribution >= 0.6 is 35.0 Å². The minimum absolute atomic E-state index is 0.189. The van der Waals surface area contributed by atoms with Crippen LogP contribution in [0.2, 0.25) is 10.0 Å². The fourth-order valence-corrected chi connectivity index (χ4v) is 4.90. The van der Waals surface area contributed by atoms with E-state index in [2.05, 4.69) is 0 Å². The van der Waals surface area contributed by atoms with Gasteiger partial charge in [0.1, 0.15) is 12.4 Å². The molecule has 1 aliphatic heterocycles. The summed E-state index contributed by atoms with van der Waals surface area (Å²) in [6.07, 6.45) is 1.76. The molecule has 1 fully saturated rings. The van der Waals surface area contributed by atoms with Crippen molar-refractivity contribution in [2.75, 3.05) is 0 Å². The van der Waals surface area contributed by atoms with Gasteiger partial charge in [-0.15, -0.1) is 0 Å². The van der Waals surface area contributed by atoms with Gasteiger partial charge in [-0.1, -0.05) is 77.8 Å². The number of hydrogen-bond acceptors (Lipinski definition) is 4. The Morgan fingerprint density at radius 1 is 0.800 bits per heavy atom. The third-order valence-electron chi connectivity index (χ3n) is 5.64. The van der Waals surface area contributed by atoms with Gasteiger partial charge in [-0.25, -0.2) is 0 Å². The van der Waals surface area contributed by atoms with E-state index in [4.69, 9.17) is 27.9 Å². The fourth-order valence-electron chi connectivity index (χ4n) is 3.83. The summed E-state index contributed by atoms with van der Waals surface area (Å²) in [4.78, 5) is 27.5. The molecule has 0 radical (unpaired) electrons. The lowest BCUT2D eigenvalue weighted by Gasteiger charge is -2.14. The number of carbonyl (C=O) groups excluding carboxylic acids is 2. The second-order valence-electron chi connectivity index (χ2n) is 8.01. The van der Waals surface area contributed by atoms with Crippen LogP contribution in [0, 0.1) is 0 Å². The standard InChI is InChI=1S/C28H19Cl2NO3S/c29-21-10-5-18(6-11-21)16-31-27(32)26(35-28(31)33)15-24-23-4-2-1-3-20(23)9-14-25(24)34-17-19-7-12-22(30)13-8-19/h1-15H,16-17H2/b26-15+. The molecule has 7 heteroatoms. The molecule has 0 spiro atoms. The molecule has 0 atom stereocenters. The summed E-state index contributed by atoms with van der Waals surface area (Å²) in [6, 6.07) is 26.3. The number of nitrogens with zero attached hydrogens (tertiary/aromatic N) is 1. The lowest BCUT2D eigenvalue weighted by atomic mass is 10.0. The zero-order valence-corrected chi connectivity index (χ0v) is 20.7. The van der Waals surface area contributed by atoms with Crippen molar-refractivity contribution in [2.24, 2.45) is 0 Å². The number of benzene rings is 4. The average Bonchev–Trinajstić information content (AvgIpc) is 3.13. The number of fused-ring (bicyclic) bond motifs is 1. The van der Waals surface area contributed by atoms with E-state index in [1.807, 2.05) is 72.8 Å². The van der Waals surface area contributed by atoms with Crippen molar-refractivity contribution in [2.45, 2.75) is 13.2 Å². The minimum Gasteiger partial charge on any atom is -0.488 e. The summed E-state index contributed by atoms with van der Waals surface area (Å²) in [6.45, 7) is 0.531. The van der Waals surface area contributed by atoms with Crippen LogP contribution in [-0.4, -0.2) is 16.0 Å². The second-order valence-corrected chi connectivity index (χ2v) is 9.87. The van der Waals surface area contributed by atoms with Gasteiger partial charge < -0.3 is 4.74 Å². The Morgan fingerprint density at radius 3 is 2.17 bits per heavy atom. The van der Waals surface area contributed by atoms with Crippen LogP contribution in [0.1, 0.15) is 16.7 Å². The summed E-state index contributed by atoms with van der Waals surface area (Å²) in [5.41, 5.74) is 2.56. The van der Waals surface area contributed by atoms with Crippen molar-refractivity contribution < 1.29 is 14.3 Å². The maximum Gasteiger partial charge on any atom is 0.293 e. The van der Waals surface area contributed by atoms with Gasteiger partial charge in [-0.2, -0.15) is 0 Å². The monoisotopic (exact) mass is 519 g/mol. The molecule has 35 heavy (non-hydrogen) atoms. The van der Waals surface area contributed by atoms with E-state index in [-0.39, 0.29) is 17.7 Å². The molecule has 2 amide bonds. The van der Waals surface area contributed by atoms with E-state index in [1.54, 1.807) is 18.2 Å². The SMILES string of the molecule is O=C1S/C(=C/c2c(OCc3ccc(Cl)cc3)ccc3ccccc23)C(=O)N1Cc1ccc(Cl)cc1. The van der Waals surface area contributed by atoms with Crippen molar-refractivity contribution in [3.05, 3.63) is 117 Å². The first-order valence-electron chi connectivity index (χ1n) is 10.9. The Hall–Kier alpha value is -3.25.